The number of allylic oxidation sites excluding steroid dienone is 3. The van der Waals surface area contributed by atoms with Gasteiger partial charge in [-0.05, 0) is 38.2 Å². The average molecular weight is 303 g/mol. The Morgan fingerprint density at radius 2 is 2.32 bits per heavy atom. The van der Waals surface area contributed by atoms with E-state index in [1.54, 1.807) is 0 Å². The highest BCUT2D eigenvalue weighted by molar-refractivity contribution is 5.68. The third-order valence-electron chi connectivity index (χ3n) is 4.68. The van der Waals surface area contributed by atoms with Crippen LogP contribution in [0.15, 0.2) is 36.0 Å². The van der Waals surface area contributed by atoms with Crippen LogP contribution in [0.5, 0.6) is 0 Å². The molecule has 2 atom stereocenters. The van der Waals surface area contributed by atoms with Gasteiger partial charge in [-0.25, -0.2) is 4.79 Å². The highest BCUT2D eigenvalue weighted by Gasteiger charge is 2.30. The number of rotatable bonds is 5. The zero-order valence-corrected chi connectivity index (χ0v) is 14.0. The molecule has 1 saturated heterocycles. The lowest BCUT2D eigenvalue weighted by Crippen LogP contribution is -2.33. The van der Waals surface area contributed by atoms with Gasteiger partial charge in [0.15, 0.2) is 0 Å². The monoisotopic (exact) mass is 303 g/mol. The van der Waals surface area contributed by atoms with Crippen molar-refractivity contribution in [3.05, 3.63) is 36.0 Å². The molecule has 0 N–H and O–H groups in total. The molecule has 0 bridgehead atoms. The molecule has 0 aromatic heterocycles. The first-order valence-electron chi connectivity index (χ1n) is 8.57. The Bertz CT molecular complexity index is 464. The zero-order chi connectivity index (χ0) is 15.9. The lowest BCUT2D eigenvalue weighted by atomic mass is 9.97. The van der Waals surface area contributed by atoms with E-state index in [1.165, 1.54) is 11.1 Å². The van der Waals surface area contributed by atoms with E-state index in [0.717, 1.165) is 51.6 Å². The molecule has 2 aliphatic rings. The maximum Gasteiger partial charge on any atom is 0.410 e. The summed E-state index contributed by atoms with van der Waals surface area (Å²) >= 11 is 0. The maximum atomic E-state index is 12.3. The van der Waals surface area contributed by atoms with Gasteiger partial charge in [-0.3, -0.25) is 0 Å². The van der Waals surface area contributed by atoms with Crippen molar-refractivity contribution in [2.45, 2.75) is 58.5 Å². The van der Waals surface area contributed by atoms with Gasteiger partial charge in [0.25, 0.3) is 0 Å². The van der Waals surface area contributed by atoms with Crippen molar-refractivity contribution < 1.29 is 9.53 Å². The van der Waals surface area contributed by atoms with Gasteiger partial charge in [0.05, 0.1) is 0 Å². The van der Waals surface area contributed by atoms with Crippen molar-refractivity contribution >= 4 is 6.09 Å². The molecule has 1 fully saturated rings. The third kappa shape index (κ3) is 4.49. The van der Waals surface area contributed by atoms with Crippen LogP contribution >= 0.6 is 0 Å². The first kappa shape index (κ1) is 16.9. The number of likely N-dealkylation sites (tertiary alicyclic amines) is 1. The quantitative estimate of drug-likeness (QED) is 0.536. The molecule has 3 heteroatoms. The summed E-state index contributed by atoms with van der Waals surface area (Å²) < 4.78 is 5.66. The van der Waals surface area contributed by atoms with E-state index in [2.05, 4.69) is 32.6 Å². The second kappa shape index (κ2) is 8.21. The van der Waals surface area contributed by atoms with Gasteiger partial charge >= 0.3 is 6.09 Å². The second-order valence-electron chi connectivity index (χ2n) is 6.46. The Balaban J connectivity index is 1.84. The van der Waals surface area contributed by atoms with Gasteiger partial charge in [0.2, 0.25) is 0 Å². The second-order valence-corrected chi connectivity index (χ2v) is 6.46. The van der Waals surface area contributed by atoms with Gasteiger partial charge in [-0.15, -0.1) is 0 Å². The number of amides is 1. The van der Waals surface area contributed by atoms with Crippen molar-refractivity contribution in [3.8, 4) is 0 Å². The molecule has 0 spiro atoms. The lowest BCUT2D eigenvalue weighted by Gasteiger charge is -2.24. The van der Waals surface area contributed by atoms with Gasteiger partial charge in [-0.2, -0.15) is 0 Å². The Kier molecular flexibility index (Phi) is 6.29. The fourth-order valence-electron chi connectivity index (χ4n) is 3.19. The Labute approximate surface area is 134 Å². The molecule has 0 radical (unpaired) electrons. The van der Waals surface area contributed by atoms with Crippen molar-refractivity contribution in [1.29, 1.82) is 0 Å². The predicted molar refractivity (Wildman–Crippen MR) is 90.7 cm³/mol. The summed E-state index contributed by atoms with van der Waals surface area (Å²) in [4.78, 5) is 14.2. The van der Waals surface area contributed by atoms with E-state index in [-0.39, 0.29) is 12.2 Å². The van der Waals surface area contributed by atoms with Crippen LogP contribution in [0.4, 0.5) is 4.79 Å². The molecular weight excluding hydrogens is 274 g/mol. The van der Waals surface area contributed by atoms with Crippen molar-refractivity contribution in [3.63, 3.8) is 0 Å². The number of hydrogen-bond donors (Lipinski definition) is 0. The van der Waals surface area contributed by atoms with Crippen LogP contribution in [-0.2, 0) is 4.74 Å². The van der Waals surface area contributed by atoms with E-state index in [9.17, 15) is 4.79 Å². The lowest BCUT2D eigenvalue weighted by molar-refractivity contribution is 0.0633. The van der Waals surface area contributed by atoms with Crippen LogP contribution in [-0.4, -0.2) is 30.2 Å². The van der Waals surface area contributed by atoms with E-state index in [1.807, 2.05) is 11.0 Å². The third-order valence-corrected chi connectivity index (χ3v) is 4.68. The molecule has 0 saturated carbocycles. The first-order valence-corrected chi connectivity index (χ1v) is 8.57. The fourth-order valence-corrected chi connectivity index (χ4v) is 3.19. The summed E-state index contributed by atoms with van der Waals surface area (Å²) in [6, 6.07) is 0. The van der Waals surface area contributed by atoms with Crippen LogP contribution in [0.25, 0.3) is 0 Å². The van der Waals surface area contributed by atoms with E-state index < -0.39 is 0 Å². The molecule has 22 heavy (non-hydrogen) atoms. The molecule has 1 amide bonds. The van der Waals surface area contributed by atoms with Crippen molar-refractivity contribution in [2.24, 2.45) is 5.92 Å². The van der Waals surface area contributed by atoms with Crippen LogP contribution in [0, 0.1) is 5.92 Å². The number of hydrogen-bond acceptors (Lipinski definition) is 2. The van der Waals surface area contributed by atoms with Gasteiger partial charge in [0, 0.05) is 25.4 Å². The Morgan fingerprint density at radius 1 is 1.50 bits per heavy atom. The molecule has 0 aromatic rings. The SMILES string of the molecule is C=C/C(=C\CCC)C1CCN(C(=O)OC2CC=C(C)CC2)C1. The molecule has 0 aromatic carbocycles. The summed E-state index contributed by atoms with van der Waals surface area (Å²) in [5.41, 5.74) is 2.69. The number of unbranched alkanes of at least 4 members (excludes halogenated alkanes) is 1. The van der Waals surface area contributed by atoms with E-state index in [0.29, 0.717) is 5.92 Å². The number of nitrogens with zero attached hydrogens (tertiary/aromatic N) is 1. The minimum atomic E-state index is -0.139. The fraction of sp³-hybridized carbons (Fsp3) is 0.632. The van der Waals surface area contributed by atoms with Crippen LogP contribution in [0.1, 0.15) is 52.4 Å². The van der Waals surface area contributed by atoms with E-state index in [4.69, 9.17) is 4.74 Å². The van der Waals surface area contributed by atoms with Crippen LogP contribution < -0.4 is 0 Å². The largest absolute Gasteiger partial charge is 0.446 e. The minimum Gasteiger partial charge on any atom is -0.446 e. The Hall–Kier alpha value is -1.51. The standard InChI is InChI=1S/C19H29NO2/c1-4-6-7-16(5-2)17-12-13-20(14-17)19(21)22-18-10-8-15(3)9-11-18/h5,7-8,17-18H,2,4,6,9-14H2,1,3H3/b16-7+. The summed E-state index contributed by atoms with van der Waals surface area (Å²) in [7, 11) is 0. The summed E-state index contributed by atoms with van der Waals surface area (Å²) in [6.07, 6.45) is 12.4. The smallest absolute Gasteiger partial charge is 0.410 e. The van der Waals surface area contributed by atoms with Gasteiger partial charge < -0.3 is 9.64 Å². The molecular formula is C19H29NO2. The van der Waals surface area contributed by atoms with Gasteiger partial charge in [0.1, 0.15) is 6.10 Å². The van der Waals surface area contributed by atoms with Crippen LogP contribution in [0.3, 0.4) is 0 Å². The predicted octanol–water partition coefficient (Wildman–Crippen LogP) is 4.86. The topological polar surface area (TPSA) is 29.5 Å². The molecule has 1 heterocycles. The van der Waals surface area contributed by atoms with Crippen molar-refractivity contribution in [2.75, 3.05) is 13.1 Å². The zero-order valence-electron chi connectivity index (χ0n) is 14.0. The summed E-state index contributed by atoms with van der Waals surface area (Å²) in [5.74, 6) is 0.421. The highest BCUT2D eigenvalue weighted by atomic mass is 16.6. The molecule has 2 rings (SSSR count). The van der Waals surface area contributed by atoms with E-state index >= 15 is 0 Å². The number of ether oxygens (including phenoxy) is 1. The highest BCUT2D eigenvalue weighted by Crippen LogP contribution is 2.27. The van der Waals surface area contributed by atoms with Crippen LogP contribution in [0.2, 0.25) is 0 Å². The summed E-state index contributed by atoms with van der Waals surface area (Å²) in [6.45, 7) is 9.80. The Morgan fingerprint density at radius 3 is 2.95 bits per heavy atom. The maximum absolute atomic E-state index is 12.3. The number of carbonyl (C=O) groups excluding carboxylic acids is 1. The van der Waals surface area contributed by atoms with Crippen molar-refractivity contribution in [1.82, 2.24) is 4.90 Å². The first-order chi connectivity index (χ1) is 10.6. The summed E-state index contributed by atoms with van der Waals surface area (Å²) in [5, 5.41) is 0. The normalized spacial score (nSPS) is 25.8. The molecule has 1 aliphatic carbocycles. The number of carbonyl (C=O) groups is 1. The molecule has 1 aliphatic heterocycles. The molecule has 3 nitrogen and oxygen atoms in total. The minimum absolute atomic E-state index is 0.0600. The molecule has 122 valence electrons. The average Bonchev–Trinajstić information content (AvgIpc) is 3.00. The van der Waals surface area contributed by atoms with Gasteiger partial charge in [-0.1, -0.05) is 43.7 Å². The molecule has 2 unspecified atom stereocenters.